The van der Waals surface area contributed by atoms with Crippen LogP contribution in [0.2, 0.25) is 0 Å². The molecule has 1 saturated carbocycles. The van der Waals surface area contributed by atoms with E-state index in [-0.39, 0.29) is 40.4 Å². The van der Waals surface area contributed by atoms with E-state index in [2.05, 4.69) is 21.2 Å². The minimum absolute atomic E-state index is 0.0175. The molecule has 0 spiro atoms. The fourth-order valence-electron chi connectivity index (χ4n) is 6.14. The van der Waals surface area contributed by atoms with Crippen LogP contribution < -0.4 is 10.9 Å². The SMILES string of the molecule is CNC(=O)c1ccc(-n2c(C(CC3CC3)c3ccccc3)nc3c(c2=O)CC(C)N(C(=O)c2ccc(Br)c(C(F)(F)F)c2)C3)cc1. The average Bonchev–Trinajstić information content (AvgIpc) is 3.87. The molecule has 4 aromatic rings. The molecule has 11 heteroatoms. The van der Waals surface area contributed by atoms with Crippen LogP contribution in [0.5, 0.6) is 0 Å². The van der Waals surface area contributed by atoms with E-state index in [1.165, 1.54) is 17.0 Å². The minimum Gasteiger partial charge on any atom is -0.355 e. The standard InChI is InChI=1S/C35H32BrF3N4O3/c1-20-16-27-30(19-42(20)33(45)24-12-15-29(36)28(18-24)35(37,38)39)41-31(26(17-21-8-9-21)22-6-4-3-5-7-22)43(34(27)46)25-13-10-23(11-14-25)32(44)40-2/h3-7,10-15,18,20-21,26H,8-9,16-17,19H2,1-2H3,(H,40,44). The van der Waals surface area contributed by atoms with Crippen LogP contribution in [0.3, 0.4) is 0 Å². The zero-order valence-electron chi connectivity index (χ0n) is 25.3. The van der Waals surface area contributed by atoms with Gasteiger partial charge in [0.05, 0.1) is 23.5 Å². The number of benzene rings is 3. The zero-order chi connectivity index (χ0) is 32.7. The fourth-order valence-corrected chi connectivity index (χ4v) is 6.61. The highest BCUT2D eigenvalue weighted by molar-refractivity contribution is 9.10. The molecule has 2 heterocycles. The van der Waals surface area contributed by atoms with Gasteiger partial charge in [0.25, 0.3) is 17.4 Å². The van der Waals surface area contributed by atoms with Gasteiger partial charge in [0.1, 0.15) is 5.82 Å². The summed E-state index contributed by atoms with van der Waals surface area (Å²) in [5.41, 5.74) is 1.64. The number of nitrogens with zero attached hydrogens (tertiary/aromatic N) is 3. The Labute approximate surface area is 272 Å². The number of alkyl halides is 3. The summed E-state index contributed by atoms with van der Waals surface area (Å²) in [4.78, 5) is 47.0. The van der Waals surface area contributed by atoms with Crippen LogP contribution >= 0.6 is 15.9 Å². The molecule has 0 saturated heterocycles. The monoisotopic (exact) mass is 692 g/mol. The van der Waals surface area contributed by atoms with Crippen molar-refractivity contribution in [3.05, 3.63) is 127 Å². The lowest BCUT2D eigenvalue weighted by atomic mass is 9.91. The van der Waals surface area contributed by atoms with Crippen molar-refractivity contribution in [3.63, 3.8) is 0 Å². The second kappa shape index (κ2) is 12.5. The lowest BCUT2D eigenvalue weighted by Gasteiger charge is -2.35. The lowest BCUT2D eigenvalue weighted by Crippen LogP contribution is -2.46. The molecule has 2 unspecified atom stereocenters. The first-order chi connectivity index (χ1) is 22.0. The Hall–Kier alpha value is -4.25. The fraction of sp³-hybridized carbons (Fsp3) is 0.314. The number of hydrogen-bond donors (Lipinski definition) is 1. The summed E-state index contributed by atoms with van der Waals surface area (Å²) >= 11 is 2.94. The lowest BCUT2D eigenvalue weighted by molar-refractivity contribution is -0.138. The summed E-state index contributed by atoms with van der Waals surface area (Å²) < 4.78 is 42.4. The predicted molar refractivity (Wildman–Crippen MR) is 171 cm³/mol. The Kier molecular flexibility index (Phi) is 8.62. The number of amides is 2. The molecular formula is C35H32BrF3N4O3. The Morgan fingerprint density at radius 2 is 1.70 bits per heavy atom. The molecule has 0 bridgehead atoms. The van der Waals surface area contributed by atoms with E-state index in [9.17, 15) is 27.6 Å². The van der Waals surface area contributed by atoms with E-state index in [4.69, 9.17) is 4.98 Å². The number of hydrogen-bond acceptors (Lipinski definition) is 4. The number of aromatic nitrogens is 2. The molecule has 1 aromatic heterocycles. The Bertz CT molecular complexity index is 1850. The summed E-state index contributed by atoms with van der Waals surface area (Å²) in [6, 6.07) is 19.6. The molecule has 6 rings (SSSR count). The third-order valence-electron chi connectivity index (χ3n) is 8.81. The third-order valence-corrected chi connectivity index (χ3v) is 9.51. The van der Waals surface area contributed by atoms with Gasteiger partial charge < -0.3 is 10.2 Å². The topological polar surface area (TPSA) is 84.3 Å². The average molecular weight is 694 g/mol. The molecule has 2 atom stereocenters. The zero-order valence-corrected chi connectivity index (χ0v) is 26.9. The molecule has 7 nitrogen and oxygen atoms in total. The molecule has 1 N–H and O–H groups in total. The van der Waals surface area contributed by atoms with Crippen LogP contribution in [0.15, 0.2) is 82.1 Å². The van der Waals surface area contributed by atoms with Gasteiger partial charge >= 0.3 is 6.18 Å². The summed E-state index contributed by atoms with van der Waals surface area (Å²) in [7, 11) is 1.55. The van der Waals surface area contributed by atoms with Crippen LogP contribution in [0.4, 0.5) is 13.2 Å². The highest BCUT2D eigenvalue weighted by Crippen LogP contribution is 2.42. The highest BCUT2D eigenvalue weighted by Gasteiger charge is 2.37. The second-order valence-electron chi connectivity index (χ2n) is 12.0. The van der Waals surface area contributed by atoms with E-state index < -0.39 is 23.7 Å². The van der Waals surface area contributed by atoms with E-state index >= 15 is 0 Å². The van der Waals surface area contributed by atoms with Crippen molar-refractivity contribution in [3.8, 4) is 5.69 Å². The summed E-state index contributed by atoms with van der Waals surface area (Å²) in [5.74, 6) is -0.0222. The summed E-state index contributed by atoms with van der Waals surface area (Å²) in [5, 5.41) is 2.61. The molecule has 1 fully saturated rings. The minimum atomic E-state index is -4.64. The van der Waals surface area contributed by atoms with Gasteiger partial charge in [-0.1, -0.05) is 59.1 Å². The van der Waals surface area contributed by atoms with Gasteiger partial charge in [-0.3, -0.25) is 19.0 Å². The van der Waals surface area contributed by atoms with Crippen molar-refractivity contribution in [2.75, 3.05) is 7.05 Å². The van der Waals surface area contributed by atoms with E-state index in [0.29, 0.717) is 34.3 Å². The molecule has 1 aliphatic heterocycles. The quantitative estimate of drug-likeness (QED) is 0.229. The maximum atomic E-state index is 14.4. The maximum Gasteiger partial charge on any atom is 0.417 e. The predicted octanol–water partition coefficient (Wildman–Crippen LogP) is 6.89. The largest absolute Gasteiger partial charge is 0.417 e. The van der Waals surface area contributed by atoms with Crippen LogP contribution in [0.25, 0.3) is 5.69 Å². The molecule has 0 radical (unpaired) electrons. The van der Waals surface area contributed by atoms with Crippen LogP contribution in [0, 0.1) is 5.92 Å². The summed E-state index contributed by atoms with van der Waals surface area (Å²) in [6.07, 6.45) is -1.49. The maximum absolute atomic E-state index is 14.4. The number of halogens is 4. The first-order valence-electron chi connectivity index (χ1n) is 15.2. The van der Waals surface area contributed by atoms with E-state index in [1.54, 1.807) is 42.8 Å². The number of carbonyl (C=O) groups excluding carboxylic acids is 2. The van der Waals surface area contributed by atoms with Crippen molar-refractivity contribution in [1.29, 1.82) is 0 Å². The number of nitrogens with one attached hydrogen (secondary N) is 1. The molecule has 2 aliphatic rings. The Morgan fingerprint density at radius 1 is 1.02 bits per heavy atom. The van der Waals surface area contributed by atoms with Crippen molar-refractivity contribution >= 4 is 27.7 Å². The first kappa shape index (κ1) is 31.7. The van der Waals surface area contributed by atoms with E-state index in [1.807, 2.05) is 30.3 Å². The van der Waals surface area contributed by atoms with Gasteiger partial charge in [-0.25, -0.2) is 4.98 Å². The highest BCUT2D eigenvalue weighted by atomic mass is 79.9. The summed E-state index contributed by atoms with van der Waals surface area (Å²) in [6.45, 7) is 1.76. The molecule has 46 heavy (non-hydrogen) atoms. The first-order valence-corrected chi connectivity index (χ1v) is 16.0. The van der Waals surface area contributed by atoms with Crippen molar-refractivity contribution < 1.29 is 22.8 Å². The molecule has 3 aromatic carbocycles. The second-order valence-corrected chi connectivity index (χ2v) is 12.8. The molecule has 1 aliphatic carbocycles. The van der Waals surface area contributed by atoms with Gasteiger partial charge in [-0.2, -0.15) is 13.2 Å². The van der Waals surface area contributed by atoms with Crippen LogP contribution in [-0.4, -0.2) is 39.4 Å². The Balaban J connectivity index is 1.47. The van der Waals surface area contributed by atoms with Crippen molar-refractivity contribution in [2.45, 2.75) is 57.3 Å². The van der Waals surface area contributed by atoms with Gasteiger partial charge in [-0.05, 0) is 73.7 Å². The third kappa shape index (κ3) is 6.25. The smallest absolute Gasteiger partial charge is 0.355 e. The van der Waals surface area contributed by atoms with E-state index in [0.717, 1.165) is 30.9 Å². The van der Waals surface area contributed by atoms with Gasteiger partial charge in [-0.15, -0.1) is 0 Å². The van der Waals surface area contributed by atoms with Crippen molar-refractivity contribution in [1.82, 2.24) is 19.8 Å². The van der Waals surface area contributed by atoms with Gasteiger partial charge in [0.2, 0.25) is 0 Å². The number of carbonyl (C=O) groups is 2. The number of fused-ring (bicyclic) bond motifs is 1. The van der Waals surface area contributed by atoms with Gasteiger partial charge in [0.15, 0.2) is 0 Å². The molecular weight excluding hydrogens is 661 g/mol. The van der Waals surface area contributed by atoms with Crippen LogP contribution in [-0.2, 0) is 19.1 Å². The van der Waals surface area contributed by atoms with Gasteiger partial charge in [0, 0.05) is 40.2 Å². The molecule has 238 valence electrons. The Morgan fingerprint density at radius 3 is 2.33 bits per heavy atom. The molecule has 2 amide bonds. The number of rotatable bonds is 7. The normalized spacial score (nSPS) is 16.9. The van der Waals surface area contributed by atoms with Crippen molar-refractivity contribution in [2.24, 2.45) is 5.92 Å². The van der Waals surface area contributed by atoms with Crippen LogP contribution in [0.1, 0.15) is 81.0 Å².